The number of nitriles is 1. The second kappa shape index (κ2) is 9.61. The highest BCUT2D eigenvalue weighted by Gasteiger charge is 2.15. The van der Waals surface area contributed by atoms with Crippen molar-refractivity contribution >= 4 is 29.2 Å². The highest BCUT2D eigenvalue weighted by molar-refractivity contribution is 5.97. The van der Waals surface area contributed by atoms with E-state index in [4.69, 9.17) is 10.00 Å². The van der Waals surface area contributed by atoms with Gasteiger partial charge in [0.1, 0.15) is 6.54 Å². The van der Waals surface area contributed by atoms with Crippen molar-refractivity contribution in [3.63, 3.8) is 0 Å². The van der Waals surface area contributed by atoms with Gasteiger partial charge >= 0.3 is 5.97 Å². The summed E-state index contributed by atoms with van der Waals surface area (Å²) in [7, 11) is 0. The monoisotopic (exact) mass is 396 g/mol. The molecule has 0 bridgehead atoms. The number of benzene rings is 2. The van der Waals surface area contributed by atoms with E-state index in [1.165, 1.54) is 31.2 Å². The predicted octanol–water partition coefficient (Wildman–Crippen LogP) is 1.69. The first kappa shape index (κ1) is 21.0. The smallest absolute Gasteiger partial charge is 0.325 e. The van der Waals surface area contributed by atoms with Gasteiger partial charge in [-0.2, -0.15) is 5.26 Å². The third-order valence-corrected chi connectivity index (χ3v) is 3.69. The molecule has 2 aromatic rings. The van der Waals surface area contributed by atoms with Crippen LogP contribution in [0.5, 0.6) is 0 Å². The summed E-state index contributed by atoms with van der Waals surface area (Å²) in [6.45, 7) is 0.447. The van der Waals surface area contributed by atoms with Gasteiger partial charge in [0.25, 0.3) is 17.5 Å². The normalized spacial score (nSPS) is 9.79. The molecule has 29 heavy (non-hydrogen) atoms. The summed E-state index contributed by atoms with van der Waals surface area (Å²) in [6, 6.07) is 12.0. The highest BCUT2D eigenvalue weighted by Crippen LogP contribution is 2.18. The van der Waals surface area contributed by atoms with Crippen LogP contribution in [0.15, 0.2) is 42.5 Å². The predicted molar refractivity (Wildman–Crippen MR) is 101 cm³/mol. The van der Waals surface area contributed by atoms with E-state index in [9.17, 15) is 24.5 Å². The van der Waals surface area contributed by atoms with Gasteiger partial charge in [0.15, 0.2) is 6.61 Å². The molecule has 0 aliphatic carbocycles. The highest BCUT2D eigenvalue weighted by atomic mass is 16.6. The number of nitrogens with zero attached hydrogens (tertiary/aromatic N) is 2. The van der Waals surface area contributed by atoms with E-state index < -0.39 is 35.9 Å². The molecule has 0 saturated heterocycles. The van der Waals surface area contributed by atoms with Crippen molar-refractivity contribution in [2.75, 3.05) is 18.5 Å². The zero-order chi connectivity index (χ0) is 21.4. The maximum Gasteiger partial charge on any atom is 0.325 e. The second-order valence-electron chi connectivity index (χ2n) is 5.84. The number of nitrogens with one attached hydrogen (secondary N) is 2. The number of anilines is 1. The summed E-state index contributed by atoms with van der Waals surface area (Å²) in [5.74, 6) is -2.05. The average Bonchev–Trinajstić information content (AvgIpc) is 2.70. The van der Waals surface area contributed by atoms with E-state index >= 15 is 0 Å². The van der Waals surface area contributed by atoms with Crippen molar-refractivity contribution in [2.45, 2.75) is 6.92 Å². The van der Waals surface area contributed by atoms with Crippen LogP contribution < -0.4 is 10.6 Å². The van der Waals surface area contributed by atoms with Gasteiger partial charge in [0.2, 0.25) is 0 Å². The Kier molecular flexibility index (Phi) is 6.97. The fourth-order valence-corrected chi connectivity index (χ4v) is 2.32. The molecule has 148 valence electrons. The number of carbonyl (C=O) groups is 3. The maximum absolute atomic E-state index is 12.0. The van der Waals surface area contributed by atoms with Crippen molar-refractivity contribution in [3.05, 3.63) is 69.3 Å². The van der Waals surface area contributed by atoms with Gasteiger partial charge in [0.05, 0.1) is 16.6 Å². The Morgan fingerprint density at radius 3 is 2.62 bits per heavy atom. The van der Waals surface area contributed by atoms with E-state index in [-0.39, 0.29) is 11.3 Å². The lowest BCUT2D eigenvalue weighted by molar-refractivity contribution is -0.385. The number of amides is 2. The van der Waals surface area contributed by atoms with Crippen LogP contribution in [0.2, 0.25) is 0 Å². The largest absolute Gasteiger partial charge is 0.454 e. The zero-order valence-electron chi connectivity index (χ0n) is 15.3. The summed E-state index contributed by atoms with van der Waals surface area (Å²) in [6.07, 6.45) is 0. The van der Waals surface area contributed by atoms with Crippen LogP contribution in [0.4, 0.5) is 11.4 Å². The van der Waals surface area contributed by atoms with Gasteiger partial charge in [-0.15, -0.1) is 0 Å². The van der Waals surface area contributed by atoms with Crippen molar-refractivity contribution in [3.8, 4) is 6.07 Å². The second-order valence-corrected chi connectivity index (χ2v) is 5.84. The molecule has 10 nitrogen and oxygen atoms in total. The standard InChI is InChI=1S/C19H16N4O6/c1-12-7-14(5-6-16(12)23(27)28)19(26)21-10-18(25)29-11-17(24)22-15-4-2-3-13(8-15)9-20/h2-8H,10-11H2,1H3,(H,21,26)(H,22,24). The molecule has 2 amide bonds. The zero-order valence-corrected chi connectivity index (χ0v) is 15.3. The number of nitro groups is 1. The molecule has 10 heteroatoms. The Balaban J connectivity index is 1.80. The van der Waals surface area contributed by atoms with Crippen LogP contribution in [0, 0.1) is 28.4 Å². The van der Waals surface area contributed by atoms with Gasteiger partial charge in [-0.3, -0.25) is 24.5 Å². The van der Waals surface area contributed by atoms with Crippen LogP contribution in [-0.4, -0.2) is 35.9 Å². The molecule has 0 unspecified atom stereocenters. The first-order chi connectivity index (χ1) is 13.8. The lowest BCUT2D eigenvalue weighted by Gasteiger charge is -2.08. The number of carbonyl (C=O) groups excluding carboxylic acids is 3. The molecule has 0 atom stereocenters. The third-order valence-electron chi connectivity index (χ3n) is 3.69. The van der Waals surface area contributed by atoms with Gasteiger partial charge in [-0.05, 0) is 37.3 Å². The molecular weight excluding hydrogens is 380 g/mol. The number of hydrogen-bond donors (Lipinski definition) is 2. The molecule has 0 fully saturated rings. The topological polar surface area (TPSA) is 151 Å². The molecule has 0 aromatic heterocycles. The number of hydrogen-bond acceptors (Lipinski definition) is 7. The summed E-state index contributed by atoms with van der Waals surface area (Å²) in [5.41, 5.74) is 1.08. The Bertz CT molecular complexity index is 1010. The van der Waals surface area contributed by atoms with E-state index in [2.05, 4.69) is 10.6 Å². The quantitative estimate of drug-likeness (QED) is 0.410. The molecule has 0 aliphatic heterocycles. The van der Waals surface area contributed by atoms with Crippen molar-refractivity contribution in [1.82, 2.24) is 5.32 Å². The van der Waals surface area contributed by atoms with Crippen LogP contribution in [0.1, 0.15) is 21.5 Å². The fraction of sp³-hybridized carbons (Fsp3) is 0.158. The van der Waals surface area contributed by atoms with Crippen molar-refractivity contribution in [2.24, 2.45) is 0 Å². The fourth-order valence-electron chi connectivity index (χ4n) is 2.32. The Labute approximate surface area is 165 Å². The lowest BCUT2D eigenvalue weighted by Crippen LogP contribution is -2.32. The number of nitro benzene ring substituents is 1. The van der Waals surface area contributed by atoms with E-state index in [0.29, 0.717) is 16.8 Å². The Morgan fingerprint density at radius 1 is 1.21 bits per heavy atom. The first-order valence-corrected chi connectivity index (χ1v) is 8.29. The minimum atomic E-state index is -0.835. The van der Waals surface area contributed by atoms with Crippen LogP contribution >= 0.6 is 0 Å². The summed E-state index contributed by atoms with van der Waals surface area (Å²) >= 11 is 0. The van der Waals surface area contributed by atoms with Crippen molar-refractivity contribution in [1.29, 1.82) is 5.26 Å². The van der Waals surface area contributed by atoms with E-state index in [1.807, 2.05) is 6.07 Å². The van der Waals surface area contributed by atoms with E-state index in [1.54, 1.807) is 18.2 Å². The summed E-state index contributed by atoms with van der Waals surface area (Å²) in [5, 5.41) is 24.4. The van der Waals surface area contributed by atoms with Gasteiger partial charge < -0.3 is 15.4 Å². The van der Waals surface area contributed by atoms with Crippen LogP contribution in [0.3, 0.4) is 0 Å². The van der Waals surface area contributed by atoms with Crippen molar-refractivity contribution < 1.29 is 24.0 Å². The minimum absolute atomic E-state index is 0.118. The molecule has 0 radical (unpaired) electrons. The number of ether oxygens (including phenoxy) is 1. The maximum atomic E-state index is 12.0. The average molecular weight is 396 g/mol. The lowest BCUT2D eigenvalue weighted by atomic mass is 10.1. The van der Waals surface area contributed by atoms with Gasteiger partial charge in [-0.25, -0.2) is 0 Å². The summed E-state index contributed by atoms with van der Waals surface area (Å²) < 4.78 is 4.77. The molecule has 0 saturated carbocycles. The Morgan fingerprint density at radius 2 is 1.97 bits per heavy atom. The van der Waals surface area contributed by atoms with Gasteiger partial charge in [-0.1, -0.05) is 6.07 Å². The third kappa shape index (κ3) is 6.14. The van der Waals surface area contributed by atoms with Crippen LogP contribution in [-0.2, 0) is 14.3 Å². The molecular formula is C19H16N4O6. The number of esters is 1. The molecule has 0 heterocycles. The summed E-state index contributed by atoms with van der Waals surface area (Å²) in [4.78, 5) is 45.7. The molecule has 2 N–H and O–H groups in total. The molecule has 2 aromatic carbocycles. The number of rotatable bonds is 7. The molecule has 2 rings (SSSR count). The van der Waals surface area contributed by atoms with Crippen LogP contribution in [0.25, 0.3) is 0 Å². The SMILES string of the molecule is Cc1cc(C(=O)NCC(=O)OCC(=O)Nc2cccc(C#N)c2)ccc1[N+](=O)[O-]. The Hall–Kier alpha value is -4.26. The molecule has 0 aliphatic rings. The first-order valence-electron chi connectivity index (χ1n) is 8.29. The molecule has 0 spiro atoms. The minimum Gasteiger partial charge on any atom is -0.454 e. The van der Waals surface area contributed by atoms with E-state index in [0.717, 1.165) is 0 Å². The van der Waals surface area contributed by atoms with Gasteiger partial charge in [0, 0.05) is 22.9 Å². The number of aryl methyl sites for hydroxylation is 1.